The maximum Gasteiger partial charge on any atom is 0.490 e. The van der Waals surface area contributed by atoms with Gasteiger partial charge in [0.1, 0.15) is 6.04 Å². The van der Waals surface area contributed by atoms with E-state index in [-0.39, 0.29) is 12.0 Å². The van der Waals surface area contributed by atoms with E-state index in [0.717, 1.165) is 35.3 Å². The molecule has 38 heavy (non-hydrogen) atoms. The van der Waals surface area contributed by atoms with Crippen LogP contribution in [0.3, 0.4) is 0 Å². The molecule has 1 aliphatic heterocycles. The van der Waals surface area contributed by atoms with Crippen LogP contribution in [-0.4, -0.2) is 61.5 Å². The number of aliphatic carboxylic acids is 2. The molecular formula is C25H27F3N4O6. The molecule has 1 saturated heterocycles. The van der Waals surface area contributed by atoms with Gasteiger partial charge >= 0.3 is 23.8 Å². The summed E-state index contributed by atoms with van der Waals surface area (Å²) in [5.74, 6) is -3.83. The average Bonchev–Trinajstić information content (AvgIpc) is 3.36. The van der Waals surface area contributed by atoms with Crippen molar-refractivity contribution in [1.29, 1.82) is 0 Å². The molecule has 0 spiro atoms. The third kappa shape index (κ3) is 6.66. The van der Waals surface area contributed by atoms with Gasteiger partial charge in [-0.1, -0.05) is 18.2 Å². The Morgan fingerprint density at radius 1 is 1.00 bits per heavy atom. The van der Waals surface area contributed by atoms with Gasteiger partial charge in [0.05, 0.1) is 16.6 Å². The van der Waals surface area contributed by atoms with E-state index in [1.807, 2.05) is 12.1 Å². The summed E-state index contributed by atoms with van der Waals surface area (Å²) >= 11 is 0. The second-order valence-electron chi connectivity index (χ2n) is 8.94. The summed E-state index contributed by atoms with van der Waals surface area (Å²) in [6.07, 6.45) is -2.50. The third-order valence-corrected chi connectivity index (χ3v) is 6.15. The summed E-state index contributed by atoms with van der Waals surface area (Å²) < 4.78 is 34.4. The van der Waals surface area contributed by atoms with Crippen LogP contribution in [0.4, 0.5) is 13.2 Å². The van der Waals surface area contributed by atoms with E-state index in [1.165, 1.54) is 17.4 Å². The zero-order valence-corrected chi connectivity index (χ0v) is 20.4. The highest BCUT2D eigenvalue weighted by atomic mass is 19.4. The number of benzene rings is 2. The van der Waals surface area contributed by atoms with Gasteiger partial charge in [-0.25, -0.2) is 14.2 Å². The third-order valence-electron chi connectivity index (χ3n) is 6.15. The number of nitrogens with two attached hydrogens (primary N) is 1. The lowest BCUT2D eigenvalue weighted by Gasteiger charge is -2.16. The predicted molar refractivity (Wildman–Crippen MR) is 132 cm³/mol. The highest BCUT2D eigenvalue weighted by Gasteiger charge is 2.38. The minimum absolute atomic E-state index is 0.167. The average molecular weight is 537 g/mol. The van der Waals surface area contributed by atoms with Crippen LogP contribution in [0.1, 0.15) is 24.0 Å². The number of fused-ring (bicyclic) bond motifs is 1. The lowest BCUT2D eigenvalue weighted by molar-refractivity contribution is -0.192. The number of nitrogens with zero attached hydrogens (tertiary/aromatic N) is 3. The van der Waals surface area contributed by atoms with E-state index in [2.05, 4.69) is 4.90 Å². The molecule has 0 bridgehead atoms. The first-order chi connectivity index (χ1) is 17.8. The number of rotatable bonds is 6. The van der Waals surface area contributed by atoms with Gasteiger partial charge in [0, 0.05) is 13.6 Å². The summed E-state index contributed by atoms with van der Waals surface area (Å²) in [6, 6.07) is 11.3. The fraction of sp³-hybridized carbons (Fsp3) is 0.360. The minimum Gasteiger partial charge on any atom is -0.480 e. The molecule has 4 N–H and O–H groups in total. The van der Waals surface area contributed by atoms with Crippen molar-refractivity contribution in [2.45, 2.75) is 38.0 Å². The van der Waals surface area contributed by atoms with E-state index in [1.54, 1.807) is 37.4 Å². The van der Waals surface area contributed by atoms with Crippen LogP contribution in [0, 0.1) is 0 Å². The standard InChI is InChI=1S/C23H26N4O4.C2HF3O2/c1-25-20-13-16(14-26-10-2-3-11-26)6-9-18(20)21(28)27(23(25)31)17-7-4-15(5-8-17)12-19(24)22(29)30;3-2(4,5)1(6)7/h4-9,13,19H,2-3,10-12,14,24H2,1H3,(H,29,30);(H,6,7). The van der Waals surface area contributed by atoms with Crippen molar-refractivity contribution in [3.8, 4) is 5.69 Å². The molecule has 1 atom stereocenters. The Morgan fingerprint density at radius 3 is 2.08 bits per heavy atom. The monoisotopic (exact) mass is 536 g/mol. The van der Waals surface area contributed by atoms with E-state index in [4.69, 9.17) is 20.7 Å². The van der Waals surface area contributed by atoms with Crippen molar-refractivity contribution in [2.75, 3.05) is 13.1 Å². The summed E-state index contributed by atoms with van der Waals surface area (Å²) in [4.78, 5) is 48.4. The first-order valence-corrected chi connectivity index (χ1v) is 11.6. The fourth-order valence-corrected chi connectivity index (χ4v) is 4.14. The number of hydrogen-bond donors (Lipinski definition) is 3. The van der Waals surface area contributed by atoms with Crippen molar-refractivity contribution in [1.82, 2.24) is 14.0 Å². The second-order valence-corrected chi connectivity index (χ2v) is 8.94. The highest BCUT2D eigenvalue weighted by Crippen LogP contribution is 2.17. The van der Waals surface area contributed by atoms with Crippen LogP contribution in [-0.2, 0) is 29.6 Å². The van der Waals surface area contributed by atoms with E-state index < -0.39 is 29.8 Å². The largest absolute Gasteiger partial charge is 0.490 e. The van der Waals surface area contributed by atoms with Gasteiger partial charge in [-0.2, -0.15) is 13.2 Å². The van der Waals surface area contributed by atoms with Crippen molar-refractivity contribution < 1.29 is 33.0 Å². The molecule has 4 rings (SSSR count). The minimum atomic E-state index is -5.08. The predicted octanol–water partition coefficient (Wildman–Crippen LogP) is 1.87. The van der Waals surface area contributed by atoms with Gasteiger partial charge in [-0.3, -0.25) is 19.1 Å². The molecule has 2 aromatic carbocycles. The van der Waals surface area contributed by atoms with Crippen LogP contribution in [0.25, 0.3) is 16.6 Å². The Labute approximate surface area is 214 Å². The van der Waals surface area contributed by atoms with E-state index in [9.17, 15) is 27.6 Å². The zero-order chi connectivity index (χ0) is 28.2. The lowest BCUT2D eigenvalue weighted by Crippen LogP contribution is -2.38. The van der Waals surface area contributed by atoms with Crippen LogP contribution in [0.15, 0.2) is 52.1 Å². The lowest BCUT2D eigenvalue weighted by atomic mass is 10.1. The molecule has 1 unspecified atom stereocenters. The Kier molecular flexibility index (Phi) is 8.74. The van der Waals surface area contributed by atoms with Gasteiger partial charge in [0.2, 0.25) is 0 Å². The number of aromatic nitrogens is 2. The number of alkyl halides is 3. The van der Waals surface area contributed by atoms with Crippen molar-refractivity contribution in [2.24, 2.45) is 12.8 Å². The van der Waals surface area contributed by atoms with E-state index >= 15 is 0 Å². The molecular weight excluding hydrogens is 509 g/mol. The topological polar surface area (TPSA) is 148 Å². The van der Waals surface area contributed by atoms with Crippen LogP contribution >= 0.6 is 0 Å². The van der Waals surface area contributed by atoms with Gasteiger partial charge in [-0.15, -0.1) is 0 Å². The molecule has 10 nitrogen and oxygen atoms in total. The molecule has 1 aromatic heterocycles. The van der Waals surface area contributed by atoms with Crippen molar-refractivity contribution in [3.05, 3.63) is 74.4 Å². The zero-order valence-electron chi connectivity index (χ0n) is 20.4. The number of carbonyl (C=O) groups is 2. The van der Waals surface area contributed by atoms with Crippen LogP contribution < -0.4 is 17.0 Å². The number of hydrogen-bond acceptors (Lipinski definition) is 6. The van der Waals surface area contributed by atoms with Gasteiger partial charge < -0.3 is 15.9 Å². The maximum absolute atomic E-state index is 13.2. The molecule has 1 aliphatic rings. The number of halogens is 3. The molecule has 0 saturated carbocycles. The molecule has 0 aliphatic carbocycles. The smallest absolute Gasteiger partial charge is 0.480 e. The summed E-state index contributed by atoms with van der Waals surface area (Å²) in [6.45, 7) is 2.96. The van der Waals surface area contributed by atoms with Gasteiger partial charge in [-0.05, 0) is 67.7 Å². The fourth-order valence-electron chi connectivity index (χ4n) is 4.14. The quantitative estimate of drug-likeness (QED) is 0.433. The first kappa shape index (κ1) is 28.6. The van der Waals surface area contributed by atoms with E-state index in [0.29, 0.717) is 16.6 Å². The summed E-state index contributed by atoms with van der Waals surface area (Å²) in [5, 5.41) is 16.6. The van der Waals surface area contributed by atoms with Crippen molar-refractivity contribution in [3.63, 3.8) is 0 Å². The normalized spacial score (nSPS) is 14.7. The number of carboxylic acids is 2. The number of carboxylic acid groups (broad SMARTS) is 2. The molecule has 204 valence electrons. The summed E-state index contributed by atoms with van der Waals surface area (Å²) in [5.41, 5.74) is 7.63. The first-order valence-electron chi connectivity index (χ1n) is 11.6. The molecule has 2 heterocycles. The molecule has 0 radical (unpaired) electrons. The Balaban J connectivity index is 0.000000505. The molecule has 3 aromatic rings. The Bertz CT molecular complexity index is 1440. The number of likely N-dealkylation sites (tertiary alicyclic amines) is 1. The second kappa shape index (κ2) is 11.6. The summed E-state index contributed by atoms with van der Waals surface area (Å²) in [7, 11) is 1.67. The molecule has 1 fully saturated rings. The van der Waals surface area contributed by atoms with Crippen molar-refractivity contribution >= 4 is 22.8 Å². The SMILES string of the molecule is Cn1c(=O)n(-c2ccc(CC(N)C(=O)O)cc2)c(=O)c2ccc(CN3CCCC3)cc21.O=C(O)C(F)(F)F. The van der Waals surface area contributed by atoms with Crippen LogP contribution in [0.5, 0.6) is 0 Å². The van der Waals surface area contributed by atoms with Gasteiger partial charge in [0.15, 0.2) is 0 Å². The van der Waals surface area contributed by atoms with Crippen LogP contribution in [0.2, 0.25) is 0 Å². The highest BCUT2D eigenvalue weighted by molar-refractivity contribution is 5.79. The molecule has 13 heteroatoms. The number of aryl methyl sites for hydroxylation is 1. The Morgan fingerprint density at radius 2 is 1.55 bits per heavy atom. The van der Waals surface area contributed by atoms with Gasteiger partial charge in [0.25, 0.3) is 5.56 Å². The molecule has 0 amide bonds. The Hall–Kier alpha value is -3.97. The maximum atomic E-state index is 13.2.